The maximum Gasteiger partial charge on any atom is 0.0317 e. The standard InChI is InChI=1S/C6H9Br2Cl/c1-4(9)3-6(8)5(2)7/h5-6H,1,3H2,2H3. The smallest absolute Gasteiger partial charge is 0.0317 e. The summed E-state index contributed by atoms with van der Waals surface area (Å²) in [7, 11) is 0. The van der Waals surface area contributed by atoms with Crippen LogP contribution in [0.2, 0.25) is 0 Å². The topological polar surface area (TPSA) is 0 Å². The summed E-state index contributed by atoms with van der Waals surface area (Å²) in [4.78, 5) is 0.829. The molecule has 0 saturated heterocycles. The van der Waals surface area contributed by atoms with E-state index in [9.17, 15) is 0 Å². The van der Waals surface area contributed by atoms with Crippen LogP contribution in [0.4, 0.5) is 0 Å². The highest BCUT2D eigenvalue weighted by molar-refractivity contribution is 9.12. The normalized spacial score (nSPS) is 16.9. The van der Waals surface area contributed by atoms with Gasteiger partial charge in [-0.15, -0.1) is 0 Å². The van der Waals surface area contributed by atoms with Gasteiger partial charge in [-0.1, -0.05) is 57.0 Å². The van der Waals surface area contributed by atoms with Gasteiger partial charge < -0.3 is 0 Å². The second-order valence-corrected chi connectivity index (χ2v) is 5.07. The summed E-state index contributed by atoms with van der Waals surface area (Å²) in [6.45, 7) is 5.66. The molecule has 0 N–H and O–H groups in total. The van der Waals surface area contributed by atoms with Crippen LogP contribution in [-0.4, -0.2) is 9.65 Å². The lowest BCUT2D eigenvalue weighted by molar-refractivity contribution is 0.873. The zero-order valence-electron chi connectivity index (χ0n) is 5.20. The average molecular weight is 276 g/mol. The Kier molecular flexibility index (Phi) is 5.27. The lowest BCUT2D eigenvalue weighted by Crippen LogP contribution is -2.08. The van der Waals surface area contributed by atoms with Crippen molar-refractivity contribution in [2.24, 2.45) is 0 Å². The van der Waals surface area contributed by atoms with Crippen molar-refractivity contribution in [3.63, 3.8) is 0 Å². The minimum absolute atomic E-state index is 0.391. The predicted molar refractivity (Wildman–Crippen MR) is 50.7 cm³/mol. The van der Waals surface area contributed by atoms with E-state index in [1.54, 1.807) is 0 Å². The van der Waals surface area contributed by atoms with Crippen molar-refractivity contribution < 1.29 is 0 Å². The average Bonchev–Trinajstić information content (AvgIpc) is 1.63. The third kappa shape index (κ3) is 5.43. The van der Waals surface area contributed by atoms with E-state index in [-0.39, 0.29) is 0 Å². The van der Waals surface area contributed by atoms with Crippen LogP contribution in [-0.2, 0) is 0 Å². The van der Waals surface area contributed by atoms with Gasteiger partial charge in [0.25, 0.3) is 0 Å². The molecular formula is C6H9Br2Cl. The van der Waals surface area contributed by atoms with Crippen molar-refractivity contribution in [1.82, 2.24) is 0 Å². The third-order valence-corrected chi connectivity index (χ3v) is 3.53. The van der Waals surface area contributed by atoms with Gasteiger partial charge in [0, 0.05) is 14.7 Å². The number of allylic oxidation sites excluding steroid dienone is 1. The van der Waals surface area contributed by atoms with Crippen LogP contribution < -0.4 is 0 Å². The van der Waals surface area contributed by atoms with E-state index in [1.807, 2.05) is 0 Å². The Morgan fingerprint density at radius 2 is 2.11 bits per heavy atom. The highest BCUT2D eigenvalue weighted by Gasteiger charge is 2.10. The van der Waals surface area contributed by atoms with E-state index < -0.39 is 0 Å². The molecule has 3 heteroatoms. The summed E-state index contributed by atoms with van der Waals surface area (Å²) in [5.41, 5.74) is 0. The summed E-state index contributed by atoms with van der Waals surface area (Å²) in [6.07, 6.45) is 0.813. The predicted octanol–water partition coefficient (Wildman–Crippen LogP) is 3.68. The quantitative estimate of drug-likeness (QED) is 0.690. The van der Waals surface area contributed by atoms with E-state index in [0.717, 1.165) is 6.42 Å². The second-order valence-electron chi connectivity index (χ2n) is 1.91. The van der Waals surface area contributed by atoms with Crippen LogP contribution in [0.25, 0.3) is 0 Å². The van der Waals surface area contributed by atoms with E-state index in [1.165, 1.54) is 0 Å². The molecule has 0 saturated carbocycles. The van der Waals surface area contributed by atoms with Crippen LogP contribution in [0, 0.1) is 0 Å². The van der Waals surface area contributed by atoms with Crippen molar-refractivity contribution in [2.75, 3.05) is 0 Å². The zero-order valence-corrected chi connectivity index (χ0v) is 9.13. The molecule has 0 aliphatic rings. The largest absolute Gasteiger partial charge is 0.0898 e. The van der Waals surface area contributed by atoms with Gasteiger partial charge in [-0.2, -0.15) is 0 Å². The number of rotatable bonds is 3. The van der Waals surface area contributed by atoms with Crippen molar-refractivity contribution in [3.8, 4) is 0 Å². The minimum Gasteiger partial charge on any atom is -0.0898 e. The Bertz CT molecular complexity index is 101. The lowest BCUT2D eigenvalue weighted by atomic mass is 10.2. The van der Waals surface area contributed by atoms with Crippen LogP contribution in [0.3, 0.4) is 0 Å². The molecule has 0 spiro atoms. The van der Waals surface area contributed by atoms with Crippen molar-refractivity contribution in [3.05, 3.63) is 11.6 Å². The first-order valence-electron chi connectivity index (χ1n) is 2.65. The molecule has 0 radical (unpaired) electrons. The Morgan fingerprint density at radius 1 is 1.67 bits per heavy atom. The Morgan fingerprint density at radius 3 is 2.22 bits per heavy atom. The molecule has 2 unspecified atom stereocenters. The van der Waals surface area contributed by atoms with Gasteiger partial charge in [0.15, 0.2) is 0 Å². The molecule has 0 nitrogen and oxygen atoms in total. The maximum atomic E-state index is 5.57. The van der Waals surface area contributed by atoms with Crippen LogP contribution >= 0.6 is 43.5 Å². The molecule has 0 bridgehead atoms. The summed E-state index contributed by atoms with van der Waals surface area (Å²) >= 11 is 12.4. The number of hydrogen-bond acceptors (Lipinski definition) is 0. The molecule has 0 aliphatic heterocycles. The first-order valence-corrected chi connectivity index (χ1v) is 4.86. The highest BCUT2D eigenvalue weighted by atomic mass is 79.9. The van der Waals surface area contributed by atoms with Gasteiger partial charge in [0.2, 0.25) is 0 Å². The van der Waals surface area contributed by atoms with Gasteiger partial charge >= 0.3 is 0 Å². The maximum absolute atomic E-state index is 5.57. The van der Waals surface area contributed by atoms with E-state index in [0.29, 0.717) is 14.7 Å². The molecule has 0 aliphatic carbocycles. The molecule has 54 valence electrons. The van der Waals surface area contributed by atoms with Crippen LogP contribution in [0.1, 0.15) is 13.3 Å². The summed E-state index contributed by atoms with van der Waals surface area (Å²) in [5, 5.41) is 0.697. The van der Waals surface area contributed by atoms with Crippen molar-refractivity contribution >= 4 is 43.5 Å². The first kappa shape index (κ1) is 9.99. The molecule has 0 amide bonds. The van der Waals surface area contributed by atoms with Gasteiger partial charge in [0.05, 0.1) is 0 Å². The summed E-state index contributed by atoms with van der Waals surface area (Å²) < 4.78 is 0. The van der Waals surface area contributed by atoms with Gasteiger partial charge in [-0.25, -0.2) is 0 Å². The van der Waals surface area contributed by atoms with Gasteiger partial charge in [-0.05, 0) is 6.42 Å². The molecule has 0 rings (SSSR count). The first-order chi connectivity index (χ1) is 4.04. The van der Waals surface area contributed by atoms with Crippen LogP contribution in [0.15, 0.2) is 11.6 Å². The third-order valence-electron chi connectivity index (χ3n) is 0.915. The summed E-state index contributed by atoms with van der Waals surface area (Å²) in [5.74, 6) is 0. The molecule has 0 aromatic carbocycles. The Labute approximate surface area is 77.9 Å². The number of hydrogen-bond donors (Lipinski definition) is 0. The molecule has 0 aromatic rings. The summed E-state index contributed by atoms with van der Waals surface area (Å²) in [6, 6.07) is 0. The Hall–Kier alpha value is 0.990. The monoisotopic (exact) mass is 274 g/mol. The number of alkyl halides is 2. The molecule has 0 fully saturated rings. The van der Waals surface area contributed by atoms with Gasteiger partial charge in [0.1, 0.15) is 0 Å². The van der Waals surface area contributed by atoms with E-state index in [4.69, 9.17) is 11.6 Å². The van der Waals surface area contributed by atoms with Gasteiger partial charge in [-0.3, -0.25) is 0 Å². The van der Waals surface area contributed by atoms with Crippen LogP contribution in [0.5, 0.6) is 0 Å². The highest BCUT2D eigenvalue weighted by Crippen LogP contribution is 2.21. The lowest BCUT2D eigenvalue weighted by Gasteiger charge is -2.09. The fourth-order valence-electron chi connectivity index (χ4n) is 0.374. The van der Waals surface area contributed by atoms with E-state index in [2.05, 4.69) is 45.4 Å². The molecular weight excluding hydrogens is 267 g/mol. The van der Waals surface area contributed by atoms with E-state index >= 15 is 0 Å². The fourth-order valence-corrected chi connectivity index (χ4v) is 1.30. The molecule has 0 heterocycles. The second kappa shape index (κ2) is 4.75. The number of halogens is 3. The minimum atomic E-state index is 0.391. The fraction of sp³-hybridized carbons (Fsp3) is 0.667. The Balaban J connectivity index is 3.50. The van der Waals surface area contributed by atoms with Crippen molar-refractivity contribution in [2.45, 2.75) is 23.0 Å². The molecule has 2 atom stereocenters. The zero-order chi connectivity index (χ0) is 7.44. The molecule has 0 aromatic heterocycles. The van der Waals surface area contributed by atoms with Crippen molar-refractivity contribution in [1.29, 1.82) is 0 Å². The SMILES string of the molecule is C=C(Cl)CC(Br)C(C)Br. The molecule has 9 heavy (non-hydrogen) atoms.